The van der Waals surface area contributed by atoms with E-state index in [0.29, 0.717) is 12.5 Å². The van der Waals surface area contributed by atoms with Crippen LogP contribution in [0.25, 0.3) is 0 Å². The molecule has 0 spiro atoms. The summed E-state index contributed by atoms with van der Waals surface area (Å²) in [5, 5.41) is 0.195. The van der Waals surface area contributed by atoms with E-state index in [1.54, 1.807) is 0 Å². The third-order valence-electron chi connectivity index (χ3n) is 2.39. The lowest BCUT2D eigenvalue weighted by Gasteiger charge is -2.11. The van der Waals surface area contributed by atoms with Crippen LogP contribution in [-0.2, 0) is 10.0 Å². The highest BCUT2D eigenvalue weighted by atomic mass is 35.5. The van der Waals surface area contributed by atoms with Gasteiger partial charge in [-0.2, -0.15) is 0 Å². The van der Waals surface area contributed by atoms with Crippen LogP contribution in [0.15, 0.2) is 17.0 Å². The van der Waals surface area contributed by atoms with Gasteiger partial charge in [0.15, 0.2) is 0 Å². The summed E-state index contributed by atoms with van der Waals surface area (Å²) in [5.74, 6) is 0.415. The fraction of sp³-hybridized carbons (Fsp3) is 0.455. The molecule has 0 heterocycles. The van der Waals surface area contributed by atoms with Gasteiger partial charge in [-0.15, -0.1) is 0 Å². The van der Waals surface area contributed by atoms with Crippen molar-refractivity contribution in [3.05, 3.63) is 22.2 Å². The first-order valence-corrected chi connectivity index (χ1v) is 7.72. The van der Waals surface area contributed by atoms with Crippen molar-refractivity contribution in [3.8, 4) is 0 Å². The van der Waals surface area contributed by atoms with Gasteiger partial charge in [0.2, 0.25) is 10.0 Å². The molecule has 0 saturated carbocycles. The average Bonchev–Trinajstić information content (AvgIpc) is 2.24. The number of halogens is 2. The largest absolute Gasteiger partial charge is 0.396 e. The Kier molecular flexibility index (Phi) is 5.28. The van der Waals surface area contributed by atoms with E-state index in [4.69, 9.17) is 28.9 Å². The maximum atomic E-state index is 12.0. The Morgan fingerprint density at radius 3 is 2.50 bits per heavy atom. The second-order valence-electron chi connectivity index (χ2n) is 4.35. The standard InChI is InChI=1S/C11H16Cl2N2O2S/c1-7(2)5-6-15-18(16,17)9-4-3-8(12)11(14)10(9)13/h3-4,7,15H,5-6,14H2,1-2H3. The molecule has 0 aliphatic carbocycles. The molecule has 0 aromatic heterocycles. The Hall–Kier alpha value is -0.490. The first kappa shape index (κ1) is 15.6. The predicted octanol–water partition coefficient (Wildman–Crippen LogP) is 2.90. The molecule has 0 saturated heterocycles. The zero-order valence-corrected chi connectivity index (χ0v) is 12.5. The molecule has 0 aliphatic rings. The number of benzene rings is 1. The molecule has 0 fully saturated rings. The highest BCUT2D eigenvalue weighted by Gasteiger charge is 2.20. The number of hydrogen-bond donors (Lipinski definition) is 2. The molecule has 18 heavy (non-hydrogen) atoms. The summed E-state index contributed by atoms with van der Waals surface area (Å²) in [6.07, 6.45) is 0.750. The molecule has 102 valence electrons. The van der Waals surface area contributed by atoms with Crippen molar-refractivity contribution in [2.75, 3.05) is 12.3 Å². The van der Waals surface area contributed by atoms with Crippen molar-refractivity contribution in [2.24, 2.45) is 5.92 Å². The SMILES string of the molecule is CC(C)CCNS(=O)(=O)c1ccc(Cl)c(N)c1Cl. The minimum Gasteiger partial charge on any atom is -0.396 e. The molecule has 0 aliphatic heterocycles. The number of nitrogens with one attached hydrogen (secondary N) is 1. The van der Waals surface area contributed by atoms with E-state index >= 15 is 0 Å². The minimum absolute atomic E-state index is 0.0421. The van der Waals surface area contributed by atoms with Crippen molar-refractivity contribution in [3.63, 3.8) is 0 Å². The Balaban J connectivity index is 2.96. The molecule has 4 nitrogen and oxygen atoms in total. The minimum atomic E-state index is -3.65. The lowest BCUT2D eigenvalue weighted by molar-refractivity contribution is 0.551. The lowest BCUT2D eigenvalue weighted by Crippen LogP contribution is -2.26. The summed E-state index contributed by atoms with van der Waals surface area (Å²) in [5.41, 5.74) is 5.67. The van der Waals surface area contributed by atoms with Crippen molar-refractivity contribution >= 4 is 38.9 Å². The molecule has 0 bridgehead atoms. The van der Waals surface area contributed by atoms with Crippen molar-refractivity contribution in [1.29, 1.82) is 0 Å². The second-order valence-corrected chi connectivity index (χ2v) is 6.87. The van der Waals surface area contributed by atoms with E-state index in [1.807, 2.05) is 13.8 Å². The van der Waals surface area contributed by atoms with Crippen LogP contribution in [0.1, 0.15) is 20.3 Å². The molecular formula is C11H16Cl2N2O2S. The summed E-state index contributed by atoms with van der Waals surface area (Å²) in [4.78, 5) is -0.0465. The molecular weight excluding hydrogens is 295 g/mol. The summed E-state index contributed by atoms with van der Waals surface area (Å²) in [7, 11) is -3.65. The van der Waals surface area contributed by atoms with Crippen LogP contribution in [0.5, 0.6) is 0 Å². The van der Waals surface area contributed by atoms with Crippen LogP contribution in [0.2, 0.25) is 10.0 Å². The molecule has 3 N–H and O–H groups in total. The summed E-state index contributed by atoms with van der Waals surface area (Å²) >= 11 is 11.7. The van der Waals surface area contributed by atoms with E-state index in [9.17, 15) is 8.42 Å². The maximum absolute atomic E-state index is 12.0. The van der Waals surface area contributed by atoms with Gasteiger partial charge in [-0.05, 0) is 24.5 Å². The summed E-state index contributed by atoms with van der Waals surface area (Å²) < 4.78 is 26.5. The van der Waals surface area contributed by atoms with E-state index in [0.717, 1.165) is 6.42 Å². The lowest BCUT2D eigenvalue weighted by atomic mass is 10.1. The predicted molar refractivity (Wildman–Crippen MR) is 75.5 cm³/mol. The maximum Gasteiger partial charge on any atom is 0.242 e. The molecule has 7 heteroatoms. The molecule has 1 aromatic carbocycles. The van der Waals surface area contributed by atoms with Gasteiger partial charge in [0.1, 0.15) is 4.90 Å². The molecule has 0 amide bonds. The number of sulfonamides is 1. The van der Waals surface area contributed by atoms with Crippen LogP contribution in [0.3, 0.4) is 0 Å². The van der Waals surface area contributed by atoms with Crippen LogP contribution >= 0.6 is 23.2 Å². The van der Waals surface area contributed by atoms with E-state index in [1.165, 1.54) is 12.1 Å². The fourth-order valence-corrected chi connectivity index (χ4v) is 3.13. The Morgan fingerprint density at radius 2 is 1.94 bits per heavy atom. The Morgan fingerprint density at radius 1 is 1.33 bits per heavy atom. The smallest absolute Gasteiger partial charge is 0.242 e. The number of rotatable bonds is 5. The van der Waals surface area contributed by atoms with Gasteiger partial charge in [0, 0.05) is 6.54 Å². The number of anilines is 1. The topological polar surface area (TPSA) is 72.2 Å². The monoisotopic (exact) mass is 310 g/mol. The number of nitrogens with two attached hydrogens (primary N) is 1. The normalized spacial score (nSPS) is 12.1. The number of hydrogen-bond acceptors (Lipinski definition) is 3. The average molecular weight is 311 g/mol. The van der Waals surface area contributed by atoms with E-state index in [2.05, 4.69) is 4.72 Å². The first-order chi connectivity index (χ1) is 8.25. The van der Waals surface area contributed by atoms with Crippen LogP contribution < -0.4 is 10.5 Å². The number of nitrogen functional groups attached to an aromatic ring is 1. The molecule has 0 unspecified atom stereocenters. The van der Waals surface area contributed by atoms with Crippen LogP contribution in [0.4, 0.5) is 5.69 Å². The van der Waals surface area contributed by atoms with Crippen molar-refractivity contribution < 1.29 is 8.42 Å². The zero-order chi connectivity index (χ0) is 13.9. The van der Waals surface area contributed by atoms with Gasteiger partial charge in [-0.1, -0.05) is 37.0 Å². The molecule has 1 aromatic rings. The van der Waals surface area contributed by atoms with Gasteiger partial charge in [-0.25, -0.2) is 13.1 Å². The first-order valence-electron chi connectivity index (χ1n) is 5.49. The highest BCUT2D eigenvalue weighted by molar-refractivity contribution is 7.89. The molecule has 1 rings (SSSR count). The third-order valence-corrected chi connectivity index (χ3v) is 4.75. The van der Waals surface area contributed by atoms with E-state index < -0.39 is 10.0 Å². The van der Waals surface area contributed by atoms with Gasteiger partial charge >= 0.3 is 0 Å². The van der Waals surface area contributed by atoms with Crippen LogP contribution in [0, 0.1) is 5.92 Å². The third kappa shape index (κ3) is 3.75. The molecule has 0 atom stereocenters. The zero-order valence-electron chi connectivity index (χ0n) is 10.2. The van der Waals surface area contributed by atoms with Gasteiger partial charge in [0.25, 0.3) is 0 Å². The second kappa shape index (κ2) is 6.10. The summed E-state index contributed by atoms with van der Waals surface area (Å²) in [6.45, 7) is 4.39. The summed E-state index contributed by atoms with van der Waals surface area (Å²) in [6, 6.07) is 2.76. The van der Waals surface area contributed by atoms with Crippen molar-refractivity contribution in [1.82, 2.24) is 4.72 Å². The fourth-order valence-electron chi connectivity index (χ4n) is 1.32. The Labute approximate surface area is 118 Å². The van der Waals surface area contributed by atoms with Gasteiger partial charge < -0.3 is 5.73 Å². The highest BCUT2D eigenvalue weighted by Crippen LogP contribution is 2.32. The van der Waals surface area contributed by atoms with E-state index in [-0.39, 0.29) is 20.6 Å². The van der Waals surface area contributed by atoms with Crippen LogP contribution in [-0.4, -0.2) is 15.0 Å². The van der Waals surface area contributed by atoms with Gasteiger partial charge in [-0.3, -0.25) is 0 Å². The Bertz CT molecular complexity index is 530. The quantitative estimate of drug-likeness (QED) is 0.821. The van der Waals surface area contributed by atoms with Gasteiger partial charge in [0.05, 0.1) is 15.7 Å². The van der Waals surface area contributed by atoms with Crippen molar-refractivity contribution in [2.45, 2.75) is 25.2 Å². The molecule has 0 radical (unpaired) electrons.